The summed E-state index contributed by atoms with van der Waals surface area (Å²) in [5.74, 6) is 0.589. The summed E-state index contributed by atoms with van der Waals surface area (Å²) in [4.78, 5) is 11.6. The Labute approximate surface area is 120 Å². The van der Waals surface area contributed by atoms with E-state index in [-0.39, 0.29) is 5.91 Å². The number of hydrogen-bond acceptors (Lipinski definition) is 2. The average molecular weight is 283 g/mol. The Morgan fingerprint density at radius 1 is 1.26 bits per heavy atom. The first kappa shape index (κ1) is 15.8. The highest BCUT2D eigenvalue weighted by atomic mass is 35.5. The van der Waals surface area contributed by atoms with Crippen LogP contribution in [0.25, 0.3) is 0 Å². The number of carbonyl (C=O) groups is 1. The van der Waals surface area contributed by atoms with Gasteiger partial charge in [-0.05, 0) is 43.9 Å². The molecule has 0 radical (unpaired) electrons. The van der Waals surface area contributed by atoms with E-state index in [4.69, 9.17) is 11.6 Å². The molecule has 1 aromatic rings. The van der Waals surface area contributed by atoms with E-state index in [1.807, 2.05) is 0 Å². The van der Waals surface area contributed by atoms with Gasteiger partial charge >= 0.3 is 0 Å². The average Bonchev–Trinajstić information content (AvgIpc) is 2.38. The maximum absolute atomic E-state index is 11.6. The summed E-state index contributed by atoms with van der Waals surface area (Å²) in [7, 11) is 1.62. The number of halogens is 1. The van der Waals surface area contributed by atoms with Crippen molar-refractivity contribution in [1.29, 1.82) is 0 Å². The van der Waals surface area contributed by atoms with Gasteiger partial charge in [0.1, 0.15) is 0 Å². The second-order valence-corrected chi connectivity index (χ2v) is 5.70. The van der Waals surface area contributed by atoms with Gasteiger partial charge in [0.2, 0.25) is 0 Å². The van der Waals surface area contributed by atoms with Gasteiger partial charge in [-0.2, -0.15) is 0 Å². The lowest BCUT2D eigenvalue weighted by Crippen LogP contribution is -2.19. The van der Waals surface area contributed by atoms with Crippen LogP contribution in [-0.4, -0.2) is 19.0 Å². The third-order valence-electron chi connectivity index (χ3n) is 3.03. The fraction of sp³-hybridized carbons (Fsp3) is 0.533. The van der Waals surface area contributed by atoms with Crippen LogP contribution in [0.2, 0.25) is 5.02 Å². The third kappa shape index (κ3) is 5.11. The Morgan fingerprint density at radius 3 is 2.53 bits per heavy atom. The van der Waals surface area contributed by atoms with Crippen LogP contribution < -0.4 is 10.6 Å². The van der Waals surface area contributed by atoms with Crippen molar-refractivity contribution in [3.05, 3.63) is 28.8 Å². The molecule has 0 bridgehead atoms. The molecule has 0 aliphatic carbocycles. The Hall–Kier alpha value is -1.22. The molecule has 106 valence electrons. The number of nitrogens with one attached hydrogen (secondary N) is 2. The van der Waals surface area contributed by atoms with Gasteiger partial charge in [0.05, 0.1) is 10.7 Å². The Balaban J connectivity index is 2.73. The minimum absolute atomic E-state index is 0.102. The van der Waals surface area contributed by atoms with Crippen molar-refractivity contribution < 1.29 is 4.79 Å². The van der Waals surface area contributed by atoms with E-state index in [0.29, 0.717) is 22.5 Å². The molecule has 1 rings (SSSR count). The quantitative estimate of drug-likeness (QED) is 0.830. The minimum atomic E-state index is -0.102. The summed E-state index contributed by atoms with van der Waals surface area (Å²) in [6.07, 6.45) is 2.25. The van der Waals surface area contributed by atoms with Crippen LogP contribution in [0.5, 0.6) is 0 Å². The molecule has 19 heavy (non-hydrogen) atoms. The van der Waals surface area contributed by atoms with Crippen molar-refractivity contribution in [3.8, 4) is 0 Å². The first-order valence-electron chi connectivity index (χ1n) is 6.72. The van der Waals surface area contributed by atoms with Crippen LogP contribution in [0, 0.1) is 5.92 Å². The highest BCUT2D eigenvalue weighted by Crippen LogP contribution is 2.24. The normalized spacial score (nSPS) is 12.3. The van der Waals surface area contributed by atoms with E-state index in [1.165, 1.54) is 6.42 Å². The zero-order valence-corrected chi connectivity index (χ0v) is 12.8. The van der Waals surface area contributed by atoms with Crippen LogP contribution in [0.3, 0.4) is 0 Å². The fourth-order valence-electron chi connectivity index (χ4n) is 1.84. The number of carbonyl (C=O) groups excluding carboxylic acids is 1. The van der Waals surface area contributed by atoms with Gasteiger partial charge in [0, 0.05) is 18.7 Å². The molecule has 1 amide bonds. The van der Waals surface area contributed by atoms with E-state index in [9.17, 15) is 4.79 Å². The molecule has 0 aromatic heterocycles. The van der Waals surface area contributed by atoms with Gasteiger partial charge < -0.3 is 10.6 Å². The molecule has 1 atom stereocenters. The van der Waals surface area contributed by atoms with Crippen molar-refractivity contribution in [2.45, 2.75) is 39.7 Å². The van der Waals surface area contributed by atoms with Crippen molar-refractivity contribution in [2.75, 3.05) is 12.4 Å². The SMILES string of the molecule is CNC(=O)c1ccc(Cl)c(NC(C)CCC(C)C)c1. The van der Waals surface area contributed by atoms with Crippen molar-refractivity contribution in [2.24, 2.45) is 5.92 Å². The predicted molar refractivity (Wildman–Crippen MR) is 82.0 cm³/mol. The van der Waals surface area contributed by atoms with E-state index in [1.54, 1.807) is 25.2 Å². The highest BCUT2D eigenvalue weighted by Gasteiger charge is 2.10. The lowest BCUT2D eigenvalue weighted by molar-refractivity contribution is 0.0963. The predicted octanol–water partition coefficient (Wildman–Crippen LogP) is 3.94. The molecule has 1 unspecified atom stereocenters. The van der Waals surface area contributed by atoms with Gasteiger partial charge in [0.15, 0.2) is 0 Å². The van der Waals surface area contributed by atoms with Crippen molar-refractivity contribution in [3.63, 3.8) is 0 Å². The van der Waals surface area contributed by atoms with E-state index in [2.05, 4.69) is 31.4 Å². The monoisotopic (exact) mass is 282 g/mol. The highest BCUT2D eigenvalue weighted by molar-refractivity contribution is 6.33. The number of anilines is 1. The molecule has 2 N–H and O–H groups in total. The molecule has 0 aliphatic heterocycles. The van der Waals surface area contributed by atoms with Gasteiger partial charge in [-0.1, -0.05) is 25.4 Å². The van der Waals surface area contributed by atoms with Crippen molar-refractivity contribution in [1.82, 2.24) is 5.32 Å². The number of hydrogen-bond donors (Lipinski definition) is 2. The second kappa shape index (κ2) is 7.39. The van der Waals surface area contributed by atoms with Gasteiger partial charge in [-0.15, -0.1) is 0 Å². The first-order chi connectivity index (χ1) is 8.93. The fourth-order valence-corrected chi connectivity index (χ4v) is 2.01. The molecular weight excluding hydrogens is 260 g/mol. The largest absolute Gasteiger partial charge is 0.381 e. The zero-order valence-electron chi connectivity index (χ0n) is 12.1. The van der Waals surface area contributed by atoms with Crippen LogP contribution in [0.4, 0.5) is 5.69 Å². The summed E-state index contributed by atoms with van der Waals surface area (Å²) in [6, 6.07) is 5.61. The third-order valence-corrected chi connectivity index (χ3v) is 3.36. The number of rotatable bonds is 6. The van der Waals surface area contributed by atoms with E-state index < -0.39 is 0 Å². The topological polar surface area (TPSA) is 41.1 Å². The smallest absolute Gasteiger partial charge is 0.251 e. The molecule has 0 aliphatic rings. The molecule has 4 heteroatoms. The summed E-state index contributed by atoms with van der Waals surface area (Å²) >= 11 is 6.16. The molecule has 0 saturated heterocycles. The molecule has 0 fully saturated rings. The number of benzene rings is 1. The van der Waals surface area contributed by atoms with Gasteiger partial charge in [-0.25, -0.2) is 0 Å². The molecular formula is C15H23ClN2O. The maximum atomic E-state index is 11.6. The van der Waals surface area contributed by atoms with E-state index >= 15 is 0 Å². The molecule has 3 nitrogen and oxygen atoms in total. The van der Waals surface area contributed by atoms with Crippen molar-refractivity contribution >= 4 is 23.2 Å². The summed E-state index contributed by atoms with van der Waals surface area (Å²) in [6.45, 7) is 6.56. The van der Waals surface area contributed by atoms with Crippen LogP contribution in [0.15, 0.2) is 18.2 Å². The summed E-state index contributed by atoms with van der Waals surface area (Å²) in [5, 5.41) is 6.63. The first-order valence-corrected chi connectivity index (χ1v) is 7.10. The van der Waals surface area contributed by atoms with Crippen LogP contribution >= 0.6 is 11.6 Å². The molecule has 0 spiro atoms. The summed E-state index contributed by atoms with van der Waals surface area (Å²) < 4.78 is 0. The standard InChI is InChI=1S/C15H23ClN2O/c1-10(2)5-6-11(3)18-14-9-12(15(19)17-4)7-8-13(14)16/h7-11,18H,5-6H2,1-4H3,(H,17,19). The maximum Gasteiger partial charge on any atom is 0.251 e. The minimum Gasteiger partial charge on any atom is -0.381 e. The Kier molecular flexibility index (Phi) is 6.16. The lowest BCUT2D eigenvalue weighted by Gasteiger charge is -2.18. The van der Waals surface area contributed by atoms with Gasteiger partial charge in [-0.3, -0.25) is 4.79 Å². The Bertz CT molecular complexity index is 432. The molecule has 0 heterocycles. The van der Waals surface area contributed by atoms with Crippen LogP contribution in [-0.2, 0) is 0 Å². The molecule has 0 saturated carbocycles. The Morgan fingerprint density at radius 2 is 1.95 bits per heavy atom. The molecule has 1 aromatic carbocycles. The van der Waals surface area contributed by atoms with Gasteiger partial charge in [0.25, 0.3) is 5.91 Å². The zero-order chi connectivity index (χ0) is 14.4. The second-order valence-electron chi connectivity index (χ2n) is 5.29. The van der Waals surface area contributed by atoms with Crippen LogP contribution in [0.1, 0.15) is 44.0 Å². The summed E-state index contributed by atoms with van der Waals surface area (Å²) in [5.41, 5.74) is 1.43. The number of amides is 1. The van der Waals surface area contributed by atoms with E-state index in [0.717, 1.165) is 12.1 Å². The lowest BCUT2D eigenvalue weighted by atomic mass is 10.0.